The van der Waals surface area contributed by atoms with Crippen LogP contribution in [0, 0.1) is 0 Å². The zero-order chi connectivity index (χ0) is 20.4. The van der Waals surface area contributed by atoms with Gasteiger partial charge < -0.3 is 15.1 Å². The molecule has 0 saturated heterocycles. The molecule has 4 heteroatoms. The summed E-state index contributed by atoms with van der Waals surface area (Å²) >= 11 is 0. The molecule has 29 heavy (non-hydrogen) atoms. The number of hydrogen-bond acceptors (Lipinski definition) is 3. The second-order valence-electron chi connectivity index (χ2n) is 7.44. The number of aromatic hydroxyl groups is 1. The molecule has 0 saturated carbocycles. The highest BCUT2D eigenvalue weighted by atomic mass is 16.4. The van der Waals surface area contributed by atoms with E-state index < -0.39 is 11.5 Å². The molecule has 1 aliphatic heterocycles. The van der Waals surface area contributed by atoms with Gasteiger partial charge in [0.15, 0.2) is 0 Å². The van der Waals surface area contributed by atoms with Gasteiger partial charge in [-0.3, -0.25) is 0 Å². The third-order valence-corrected chi connectivity index (χ3v) is 5.72. The Hall–Kier alpha value is -3.53. The Bertz CT molecular complexity index is 1060. The molecular formula is C25H23NO3. The van der Waals surface area contributed by atoms with Gasteiger partial charge in [-0.05, 0) is 65.9 Å². The number of nitrogens with zero attached hydrogens (tertiary/aromatic N) is 1. The van der Waals surface area contributed by atoms with Crippen LogP contribution < -0.4 is 4.90 Å². The van der Waals surface area contributed by atoms with Crippen molar-refractivity contribution in [3.05, 3.63) is 101 Å². The number of carboxylic acids is 1. The number of hydrogen-bond donors (Lipinski definition) is 2. The lowest BCUT2D eigenvalue weighted by atomic mass is 9.76. The fraction of sp³-hybridized carbons (Fsp3) is 0.160. The van der Waals surface area contributed by atoms with Crippen LogP contribution in [0.4, 0.5) is 5.69 Å². The minimum absolute atomic E-state index is 0.286. The van der Waals surface area contributed by atoms with Gasteiger partial charge in [0, 0.05) is 18.3 Å². The van der Waals surface area contributed by atoms with Gasteiger partial charge in [0.2, 0.25) is 0 Å². The molecule has 4 rings (SSSR count). The molecule has 0 spiro atoms. The van der Waals surface area contributed by atoms with E-state index >= 15 is 0 Å². The fourth-order valence-electron chi connectivity index (χ4n) is 4.26. The molecule has 0 aliphatic carbocycles. The van der Waals surface area contributed by atoms with Crippen LogP contribution in [0.25, 0.3) is 6.08 Å². The average molecular weight is 385 g/mol. The number of anilines is 1. The number of phenols is 1. The van der Waals surface area contributed by atoms with E-state index in [9.17, 15) is 9.90 Å². The van der Waals surface area contributed by atoms with E-state index in [4.69, 9.17) is 5.11 Å². The Balaban J connectivity index is 1.84. The maximum Gasteiger partial charge on any atom is 0.328 e. The largest absolute Gasteiger partial charge is 0.508 e. The Labute approximate surface area is 170 Å². The van der Waals surface area contributed by atoms with E-state index in [0.717, 1.165) is 41.4 Å². The number of carboxylic acid groups (broad SMARTS) is 1. The van der Waals surface area contributed by atoms with Crippen LogP contribution >= 0.6 is 0 Å². The van der Waals surface area contributed by atoms with Crippen LogP contribution in [-0.2, 0) is 16.8 Å². The minimum Gasteiger partial charge on any atom is -0.508 e. The van der Waals surface area contributed by atoms with Crippen molar-refractivity contribution in [3.8, 4) is 5.75 Å². The van der Waals surface area contributed by atoms with Gasteiger partial charge in [0.1, 0.15) is 5.75 Å². The lowest BCUT2D eigenvalue weighted by molar-refractivity contribution is -0.131. The van der Waals surface area contributed by atoms with E-state index in [1.54, 1.807) is 12.1 Å². The Kier molecular flexibility index (Phi) is 4.85. The van der Waals surface area contributed by atoms with Crippen molar-refractivity contribution in [1.82, 2.24) is 0 Å². The highest BCUT2D eigenvalue weighted by Gasteiger charge is 2.40. The first kappa shape index (κ1) is 18.8. The summed E-state index contributed by atoms with van der Waals surface area (Å²) in [6, 6.07) is 24.0. The van der Waals surface area contributed by atoms with Crippen molar-refractivity contribution in [2.24, 2.45) is 0 Å². The molecule has 1 atom stereocenters. The van der Waals surface area contributed by atoms with E-state index in [2.05, 4.69) is 36.1 Å². The van der Waals surface area contributed by atoms with Crippen LogP contribution in [0.5, 0.6) is 5.75 Å². The second kappa shape index (κ2) is 7.47. The molecule has 1 aliphatic rings. The van der Waals surface area contributed by atoms with Gasteiger partial charge in [-0.1, -0.05) is 48.5 Å². The molecular weight excluding hydrogens is 362 g/mol. The number of benzene rings is 3. The molecule has 4 nitrogen and oxygen atoms in total. The Morgan fingerprint density at radius 3 is 2.45 bits per heavy atom. The SMILES string of the molecule is CC1(c2ccc(/C=C/C(=O)O)cc2)c2ccc(O)cc2CCN1c1ccccc1. The molecule has 3 aromatic rings. The van der Waals surface area contributed by atoms with Crippen molar-refractivity contribution in [3.63, 3.8) is 0 Å². The van der Waals surface area contributed by atoms with Crippen molar-refractivity contribution in [1.29, 1.82) is 0 Å². The van der Waals surface area contributed by atoms with E-state index in [0.29, 0.717) is 0 Å². The third kappa shape index (κ3) is 3.49. The average Bonchev–Trinajstić information content (AvgIpc) is 2.73. The molecule has 3 aromatic carbocycles. The molecule has 1 unspecified atom stereocenters. The van der Waals surface area contributed by atoms with Gasteiger partial charge in [-0.2, -0.15) is 0 Å². The predicted octanol–water partition coefficient (Wildman–Crippen LogP) is 4.82. The van der Waals surface area contributed by atoms with Crippen LogP contribution in [-0.4, -0.2) is 22.7 Å². The Morgan fingerprint density at radius 2 is 1.76 bits per heavy atom. The standard InChI is InChI=1S/C25H23NO3/c1-25(20-10-7-18(8-11-20)9-14-24(28)29)23-13-12-22(27)17-19(23)15-16-26(25)21-5-3-2-4-6-21/h2-14,17,27H,15-16H2,1H3,(H,28,29)/b14-9+. The zero-order valence-electron chi connectivity index (χ0n) is 16.2. The molecule has 1 heterocycles. The molecule has 0 bridgehead atoms. The monoisotopic (exact) mass is 385 g/mol. The summed E-state index contributed by atoms with van der Waals surface area (Å²) in [5.41, 5.74) is 4.99. The number of carbonyl (C=O) groups is 1. The summed E-state index contributed by atoms with van der Waals surface area (Å²) in [6.45, 7) is 3.04. The van der Waals surface area contributed by atoms with E-state index in [1.165, 1.54) is 5.56 Å². The normalized spacial score (nSPS) is 18.6. The molecule has 0 aromatic heterocycles. The number of phenolic OH excluding ortho intramolecular Hbond substituents is 1. The van der Waals surface area contributed by atoms with Gasteiger partial charge in [0.05, 0.1) is 5.54 Å². The summed E-state index contributed by atoms with van der Waals surface area (Å²) in [5, 5.41) is 18.8. The smallest absolute Gasteiger partial charge is 0.328 e. The molecule has 146 valence electrons. The molecule has 0 fully saturated rings. The second-order valence-corrected chi connectivity index (χ2v) is 7.44. The number of rotatable bonds is 4. The summed E-state index contributed by atoms with van der Waals surface area (Å²) in [4.78, 5) is 13.2. The number of aliphatic carboxylic acids is 1. The van der Waals surface area contributed by atoms with Crippen LogP contribution in [0.2, 0.25) is 0 Å². The number of fused-ring (bicyclic) bond motifs is 1. The topological polar surface area (TPSA) is 60.8 Å². The summed E-state index contributed by atoms with van der Waals surface area (Å²) in [7, 11) is 0. The Morgan fingerprint density at radius 1 is 1.03 bits per heavy atom. The number of para-hydroxylation sites is 1. The summed E-state index contributed by atoms with van der Waals surface area (Å²) in [5.74, 6) is -0.675. The molecule has 2 N–H and O–H groups in total. The van der Waals surface area contributed by atoms with Crippen molar-refractivity contribution >= 4 is 17.7 Å². The van der Waals surface area contributed by atoms with Gasteiger partial charge in [-0.15, -0.1) is 0 Å². The van der Waals surface area contributed by atoms with Crippen molar-refractivity contribution in [2.45, 2.75) is 18.9 Å². The maximum absolute atomic E-state index is 10.8. The lowest BCUT2D eigenvalue weighted by Gasteiger charge is -2.48. The van der Waals surface area contributed by atoms with Gasteiger partial charge >= 0.3 is 5.97 Å². The van der Waals surface area contributed by atoms with Gasteiger partial charge in [-0.25, -0.2) is 4.79 Å². The van der Waals surface area contributed by atoms with Crippen molar-refractivity contribution in [2.75, 3.05) is 11.4 Å². The first-order valence-corrected chi connectivity index (χ1v) is 9.65. The van der Waals surface area contributed by atoms with Crippen molar-refractivity contribution < 1.29 is 15.0 Å². The van der Waals surface area contributed by atoms with Crippen LogP contribution in [0.3, 0.4) is 0 Å². The summed E-state index contributed by atoms with van der Waals surface area (Å²) < 4.78 is 0. The minimum atomic E-state index is -0.961. The predicted molar refractivity (Wildman–Crippen MR) is 115 cm³/mol. The van der Waals surface area contributed by atoms with E-state index in [-0.39, 0.29) is 5.75 Å². The first-order valence-electron chi connectivity index (χ1n) is 9.65. The van der Waals surface area contributed by atoms with Crippen LogP contribution in [0.1, 0.15) is 29.2 Å². The van der Waals surface area contributed by atoms with Crippen LogP contribution in [0.15, 0.2) is 78.9 Å². The lowest BCUT2D eigenvalue weighted by Crippen LogP contribution is -2.49. The molecule has 0 radical (unpaired) electrons. The fourth-order valence-corrected chi connectivity index (χ4v) is 4.26. The highest BCUT2D eigenvalue weighted by Crippen LogP contribution is 2.44. The van der Waals surface area contributed by atoms with E-state index in [1.807, 2.05) is 42.5 Å². The quantitative estimate of drug-likeness (QED) is 0.633. The third-order valence-electron chi connectivity index (χ3n) is 5.72. The maximum atomic E-state index is 10.8. The highest BCUT2D eigenvalue weighted by molar-refractivity contribution is 5.85. The first-order chi connectivity index (χ1) is 14.0. The summed E-state index contributed by atoms with van der Waals surface area (Å²) in [6.07, 6.45) is 3.59. The zero-order valence-corrected chi connectivity index (χ0v) is 16.2. The molecule has 0 amide bonds. The van der Waals surface area contributed by atoms with Gasteiger partial charge in [0.25, 0.3) is 0 Å².